The second kappa shape index (κ2) is 7.97. The monoisotopic (exact) mass is 486 g/mol. The number of methoxy groups -OCH3 is 1. The number of rotatable bonds is 5. The maximum atomic E-state index is 12.6. The van der Waals surface area contributed by atoms with Crippen molar-refractivity contribution in [2.24, 2.45) is 0 Å². The van der Waals surface area contributed by atoms with E-state index in [2.05, 4.69) is 15.9 Å². The molecule has 0 atom stereocenters. The van der Waals surface area contributed by atoms with Gasteiger partial charge in [-0.2, -0.15) is 8.42 Å². The Morgan fingerprint density at radius 2 is 1.67 bits per heavy atom. The minimum atomic E-state index is -4.05. The van der Waals surface area contributed by atoms with Crippen LogP contribution in [-0.2, 0) is 10.1 Å². The van der Waals surface area contributed by atoms with Gasteiger partial charge < -0.3 is 13.7 Å². The van der Waals surface area contributed by atoms with E-state index in [9.17, 15) is 13.2 Å². The van der Waals surface area contributed by atoms with E-state index in [0.29, 0.717) is 11.3 Å². The van der Waals surface area contributed by atoms with E-state index in [0.717, 1.165) is 10.0 Å². The number of hydrogen-bond donors (Lipinski definition) is 0. The van der Waals surface area contributed by atoms with E-state index in [-0.39, 0.29) is 27.9 Å². The molecule has 0 saturated heterocycles. The summed E-state index contributed by atoms with van der Waals surface area (Å²) in [6.45, 7) is 0. The Morgan fingerprint density at radius 1 is 0.967 bits per heavy atom. The summed E-state index contributed by atoms with van der Waals surface area (Å²) >= 11 is 3.43. The standard InChI is InChI=1S/C22H15BrO6S/c1-27-15-6-9-17(10-7-15)30(25,26)29-16-8-11-18-20(13-16)28-21(22(18)24)12-14-4-2-3-5-19(14)23/h2-13H,1H3/b21-12-. The zero-order valence-corrected chi connectivity index (χ0v) is 18.1. The first-order valence-corrected chi connectivity index (χ1v) is 11.0. The third-order valence-electron chi connectivity index (χ3n) is 4.39. The molecule has 6 nitrogen and oxygen atoms in total. The zero-order chi connectivity index (χ0) is 21.3. The molecule has 0 amide bonds. The Bertz CT molecular complexity index is 1260. The lowest BCUT2D eigenvalue weighted by atomic mass is 10.1. The molecule has 3 aromatic carbocycles. The molecule has 152 valence electrons. The van der Waals surface area contributed by atoms with E-state index in [1.165, 1.54) is 49.6 Å². The van der Waals surface area contributed by atoms with Crippen molar-refractivity contribution in [3.63, 3.8) is 0 Å². The molecule has 0 spiro atoms. The largest absolute Gasteiger partial charge is 0.497 e. The van der Waals surface area contributed by atoms with Gasteiger partial charge in [0.1, 0.15) is 22.1 Å². The van der Waals surface area contributed by atoms with Crippen LogP contribution in [-0.4, -0.2) is 21.3 Å². The van der Waals surface area contributed by atoms with E-state index >= 15 is 0 Å². The summed E-state index contributed by atoms with van der Waals surface area (Å²) in [5.41, 5.74) is 1.12. The molecule has 0 aliphatic carbocycles. The van der Waals surface area contributed by atoms with Crippen LogP contribution in [0.2, 0.25) is 0 Å². The lowest BCUT2D eigenvalue weighted by Crippen LogP contribution is -2.09. The van der Waals surface area contributed by atoms with Crippen LogP contribution in [0.15, 0.2) is 81.9 Å². The van der Waals surface area contributed by atoms with Crippen LogP contribution in [0.1, 0.15) is 15.9 Å². The average Bonchev–Trinajstić information content (AvgIpc) is 3.04. The number of ketones is 1. The molecule has 0 unspecified atom stereocenters. The molecule has 4 rings (SSSR count). The van der Waals surface area contributed by atoms with Crippen LogP contribution >= 0.6 is 15.9 Å². The highest BCUT2D eigenvalue weighted by atomic mass is 79.9. The van der Waals surface area contributed by atoms with Crippen molar-refractivity contribution in [2.75, 3.05) is 7.11 Å². The molecule has 1 aliphatic rings. The fourth-order valence-corrected chi connectivity index (χ4v) is 4.19. The first-order chi connectivity index (χ1) is 14.4. The number of benzene rings is 3. The van der Waals surface area contributed by atoms with Crippen molar-refractivity contribution in [3.8, 4) is 17.2 Å². The third-order valence-corrected chi connectivity index (χ3v) is 6.37. The molecule has 0 aromatic heterocycles. The molecule has 0 radical (unpaired) electrons. The smallest absolute Gasteiger partial charge is 0.339 e. The van der Waals surface area contributed by atoms with E-state index in [1.54, 1.807) is 6.08 Å². The van der Waals surface area contributed by atoms with Gasteiger partial charge >= 0.3 is 10.1 Å². The predicted molar refractivity (Wildman–Crippen MR) is 114 cm³/mol. The van der Waals surface area contributed by atoms with Gasteiger partial charge in [-0.05, 0) is 54.1 Å². The summed E-state index contributed by atoms with van der Waals surface area (Å²) in [6.07, 6.45) is 1.63. The van der Waals surface area contributed by atoms with E-state index < -0.39 is 10.1 Å². The SMILES string of the molecule is COc1ccc(S(=O)(=O)Oc2ccc3c(c2)O/C(=C\c2ccccc2Br)C3=O)cc1. The Labute approximate surface area is 182 Å². The molecule has 0 fully saturated rings. The predicted octanol–water partition coefficient (Wildman–Crippen LogP) is 4.84. The Kier molecular flexibility index (Phi) is 5.36. The fraction of sp³-hybridized carbons (Fsp3) is 0.0455. The van der Waals surface area contributed by atoms with E-state index in [1.807, 2.05) is 24.3 Å². The molecule has 3 aromatic rings. The second-order valence-corrected chi connectivity index (χ2v) is 8.73. The van der Waals surface area contributed by atoms with Crippen LogP contribution in [0.5, 0.6) is 17.2 Å². The Morgan fingerprint density at radius 3 is 2.37 bits per heavy atom. The van der Waals surface area contributed by atoms with Crippen molar-refractivity contribution in [1.82, 2.24) is 0 Å². The number of carbonyl (C=O) groups is 1. The highest BCUT2D eigenvalue weighted by Gasteiger charge is 2.29. The van der Waals surface area contributed by atoms with Crippen LogP contribution in [0.3, 0.4) is 0 Å². The number of hydrogen-bond acceptors (Lipinski definition) is 6. The number of fused-ring (bicyclic) bond motifs is 1. The maximum Gasteiger partial charge on any atom is 0.339 e. The van der Waals surface area contributed by atoms with Gasteiger partial charge in [-0.25, -0.2) is 0 Å². The fourth-order valence-electron chi connectivity index (χ4n) is 2.87. The zero-order valence-electron chi connectivity index (χ0n) is 15.7. The summed E-state index contributed by atoms with van der Waals surface area (Å²) in [6, 6.07) is 17.5. The lowest BCUT2D eigenvalue weighted by molar-refractivity contribution is 0.101. The van der Waals surface area contributed by atoms with Crippen molar-refractivity contribution < 1.29 is 26.9 Å². The van der Waals surface area contributed by atoms with Crippen LogP contribution in [0.4, 0.5) is 0 Å². The first-order valence-electron chi connectivity index (χ1n) is 8.79. The molecular weight excluding hydrogens is 472 g/mol. The Balaban J connectivity index is 1.59. The normalized spacial score (nSPS) is 14.3. The lowest BCUT2D eigenvalue weighted by Gasteiger charge is -2.08. The van der Waals surface area contributed by atoms with Gasteiger partial charge in [0.25, 0.3) is 0 Å². The van der Waals surface area contributed by atoms with Gasteiger partial charge in [-0.3, -0.25) is 4.79 Å². The van der Waals surface area contributed by atoms with Gasteiger partial charge in [0.15, 0.2) is 5.76 Å². The molecule has 8 heteroatoms. The van der Waals surface area contributed by atoms with Gasteiger partial charge in [0.2, 0.25) is 5.78 Å². The molecule has 0 saturated carbocycles. The van der Waals surface area contributed by atoms with Crippen LogP contribution < -0.4 is 13.7 Å². The average molecular weight is 487 g/mol. The summed E-state index contributed by atoms with van der Waals surface area (Å²) in [5, 5.41) is 0. The minimum absolute atomic E-state index is 0.0182. The van der Waals surface area contributed by atoms with Crippen molar-refractivity contribution >= 4 is 37.9 Å². The summed E-state index contributed by atoms with van der Waals surface area (Å²) in [5.74, 6) is 0.667. The summed E-state index contributed by atoms with van der Waals surface area (Å²) < 4.78 is 41.8. The van der Waals surface area contributed by atoms with Crippen LogP contribution in [0.25, 0.3) is 6.08 Å². The molecule has 1 heterocycles. The Hall–Kier alpha value is -3.10. The number of Topliss-reactive ketones (excluding diaryl/α,β-unsaturated/α-hetero) is 1. The summed E-state index contributed by atoms with van der Waals surface area (Å²) in [7, 11) is -2.56. The van der Waals surface area contributed by atoms with Gasteiger partial charge in [0.05, 0.1) is 12.7 Å². The maximum absolute atomic E-state index is 12.6. The number of ether oxygens (including phenoxy) is 2. The quantitative estimate of drug-likeness (QED) is 0.379. The highest BCUT2D eigenvalue weighted by molar-refractivity contribution is 9.10. The number of halogens is 1. The second-order valence-electron chi connectivity index (χ2n) is 6.33. The number of carbonyl (C=O) groups excluding carboxylic acids is 1. The summed E-state index contributed by atoms with van der Waals surface area (Å²) in [4.78, 5) is 12.6. The van der Waals surface area contributed by atoms with E-state index in [4.69, 9.17) is 13.7 Å². The van der Waals surface area contributed by atoms with Gasteiger partial charge in [-0.15, -0.1) is 0 Å². The molecule has 30 heavy (non-hydrogen) atoms. The highest BCUT2D eigenvalue weighted by Crippen LogP contribution is 2.36. The molecular formula is C22H15BrO6S. The van der Waals surface area contributed by atoms with Crippen molar-refractivity contribution in [1.29, 1.82) is 0 Å². The topological polar surface area (TPSA) is 78.9 Å². The molecule has 0 N–H and O–H groups in total. The molecule has 0 bridgehead atoms. The van der Waals surface area contributed by atoms with Gasteiger partial charge in [-0.1, -0.05) is 34.1 Å². The van der Waals surface area contributed by atoms with Crippen LogP contribution in [0, 0.1) is 0 Å². The van der Waals surface area contributed by atoms with Crippen molar-refractivity contribution in [2.45, 2.75) is 4.90 Å². The molecule has 1 aliphatic heterocycles. The third kappa shape index (κ3) is 3.96. The first kappa shape index (κ1) is 20.2. The van der Waals surface area contributed by atoms with Gasteiger partial charge in [0, 0.05) is 10.5 Å². The van der Waals surface area contributed by atoms with Crippen molar-refractivity contribution in [3.05, 3.63) is 88.1 Å². The minimum Gasteiger partial charge on any atom is -0.497 e. The number of allylic oxidation sites excluding steroid dienone is 1.